The monoisotopic (exact) mass is 515 g/mol. The largest absolute Gasteiger partial charge is 0.390 e. The molecule has 37 heavy (non-hydrogen) atoms. The molecule has 0 aliphatic heterocycles. The molecule has 2 aromatic rings. The summed E-state index contributed by atoms with van der Waals surface area (Å²) in [6, 6.07) is 11.0. The number of nitrogens with one attached hydrogen (secondary N) is 3. The maximum Gasteiger partial charge on any atom is 0.217 e. The number of amides is 2. The van der Waals surface area contributed by atoms with Gasteiger partial charge in [-0.25, -0.2) is 8.78 Å². The second-order valence-electron chi connectivity index (χ2n) is 10.5. The summed E-state index contributed by atoms with van der Waals surface area (Å²) in [6.07, 6.45) is 1.51. The molecule has 1 aliphatic carbocycles. The Morgan fingerprint density at radius 2 is 1.73 bits per heavy atom. The molecular weight excluding hydrogens is 476 g/mol. The second kappa shape index (κ2) is 13.1. The van der Waals surface area contributed by atoms with Crippen molar-refractivity contribution in [2.75, 3.05) is 6.54 Å². The molecule has 1 aliphatic rings. The molecule has 6 nitrogen and oxygen atoms in total. The third-order valence-corrected chi connectivity index (χ3v) is 7.08. The lowest BCUT2D eigenvalue weighted by molar-refractivity contribution is -0.121. The Labute approximate surface area is 218 Å². The lowest BCUT2D eigenvalue weighted by atomic mass is 9.77. The average molecular weight is 516 g/mol. The molecule has 8 heteroatoms. The van der Waals surface area contributed by atoms with Crippen molar-refractivity contribution in [3.05, 3.63) is 70.8 Å². The van der Waals surface area contributed by atoms with E-state index in [2.05, 4.69) is 54.1 Å². The number of hydrogen-bond donors (Lipinski definition) is 4. The third-order valence-electron chi connectivity index (χ3n) is 7.08. The summed E-state index contributed by atoms with van der Waals surface area (Å²) in [5.74, 6) is -1.24. The van der Waals surface area contributed by atoms with Gasteiger partial charge in [-0.15, -0.1) is 0 Å². The smallest absolute Gasteiger partial charge is 0.217 e. The number of carbonyl (C=O) groups excluding carboxylic acids is 2. The van der Waals surface area contributed by atoms with Crippen LogP contribution in [0.1, 0.15) is 75.5 Å². The molecule has 2 aromatic carbocycles. The number of benzene rings is 2. The van der Waals surface area contributed by atoms with Crippen molar-refractivity contribution >= 4 is 11.8 Å². The second-order valence-corrected chi connectivity index (χ2v) is 10.5. The molecule has 3 rings (SSSR count). The number of aliphatic hydroxyl groups is 1. The van der Waals surface area contributed by atoms with E-state index in [0.29, 0.717) is 17.9 Å². The van der Waals surface area contributed by atoms with Crippen molar-refractivity contribution in [1.82, 2.24) is 16.0 Å². The first-order valence-electron chi connectivity index (χ1n) is 13.0. The summed E-state index contributed by atoms with van der Waals surface area (Å²) in [4.78, 5) is 23.5. The molecule has 5 unspecified atom stereocenters. The number of rotatable bonds is 10. The standard InChI is InChI=1S/C29H39F2N3O3/c1-17(2)21-6-5-7-22(13-21)26-9-8-25(33-18(3)35)15-27(26)32-16-29(37)28(34-19(4)36)12-20-10-23(30)14-24(31)11-20/h5-7,10-11,13-14,17,25-29,32,37H,8-9,12,15-16H2,1-4H3,(H,33,35)(H,34,36). The van der Waals surface area contributed by atoms with Crippen molar-refractivity contribution in [2.24, 2.45) is 0 Å². The van der Waals surface area contributed by atoms with E-state index in [9.17, 15) is 23.5 Å². The van der Waals surface area contributed by atoms with Crippen LogP contribution in [-0.4, -0.2) is 47.7 Å². The zero-order valence-corrected chi connectivity index (χ0v) is 22.1. The van der Waals surface area contributed by atoms with Gasteiger partial charge in [-0.1, -0.05) is 38.1 Å². The Morgan fingerprint density at radius 3 is 2.35 bits per heavy atom. The Kier molecular flexibility index (Phi) is 10.2. The molecule has 0 radical (unpaired) electrons. The number of aliphatic hydroxyl groups excluding tert-OH is 1. The van der Waals surface area contributed by atoms with Crippen LogP contribution in [0, 0.1) is 11.6 Å². The Balaban J connectivity index is 1.76. The SMILES string of the molecule is CC(=O)NC1CCC(c2cccc(C(C)C)c2)C(NCC(O)C(Cc2cc(F)cc(F)c2)NC(C)=O)C1. The summed E-state index contributed by atoms with van der Waals surface area (Å²) in [5, 5.41) is 20.3. The van der Waals surface area contributed by atoms with Crippen LogP contribution in [0.3, 0.4) is 0 Å². The van der Waals surface area contributed by atoms with E-state index in [1.54, 1.807) is 0 Å². The van der Waals surface area contributed by atoms with Gasteiger partial charge in [-0.2, -0.15) is 0 Å². The van der Waals surface area contributed by atoms with Gasteiger partial charge in [0.05, 0.1) is 12.1 Å². The highest BCUT2D eigenvalue weighted by Crippen LogP contribution is 2.34. The summed E-state index contributed by atoms with van der Waals surface area (Å²) in [7, 11) is 0. The summed E-state index contributed by atoms with van der Waals surface area (Å²) >= 11 is 0. The van der Waals surface area contributed by atoms with Crippen molar-refractivity contribution in [2.45, 2.75) is 89.4 Å². The molecule has 0 aromatic heterocycles. The molecule has 4 N–H and O–H groups in total. The van der Waals surface area contributed by atoms with Crippen molar-refractivity contribution in [3.8, 4) is 0 Å². The van der Waals surface area contributed by atoms with Gasteiger partial charge in [-0.05, 0) is 66.3 Å². The van der Waals surface area contributed by atoms with Gasteiger partial charge < -0.3 is 21.1 Å². The zero-order valence-electron chi connectivity index (χ0n) is 22.1. The van der Waals surface area contributed by atoms with Crippen LogP contribution in [0.5, 0.6) is 0 Å². The Morgan fingerprint density at radius 1 is 1.03 bits per heavy atom. The normalized spacial score (nSPS) is 21.4. The van der Waals surface area contributed by atoms with E-state index in [0.717, 1.165) is 18.9 Å². The van der Waals surface area contributed by atoms with Crippen LogP contribution >= 0.6 is 0 Å². The minimum absolute atomic E-state index is 0.0211. The number of hydrogen-bond acceptors (Lipinski definition) is 4. The van der Waals surface area contributed by atoms with Gasteiger partial charge in [0.25, 0.3) is 0 Å². The maximum atomic E-state index is 13.7. The minimum atomic E-state index is -1.00. The molecule has 2 amide bonds. The molecule has 1 saturated carbocycles. The zero-order chi connectivity index (χ0) is 27.1. The van der Waals surface area contributed by atoms with E-state index < -0.39 is 23.8 Å². The Hall–Kier alpha value is -2.84. The van der Waals surface area contributed by atoms with Gasteiger partial charge >= 0.3 is 0 Å². The molecule has 202 valence electrons. The highest BCUT2D eigenvalue weighted by molar-refractivity contribution is 5.73. The maximum absolute atomic E-state index is 13.7. The molecule has 0 spiro atoms. The lowest BCUT2D eigenvalue weighted by Crippen LogP contribution is -2.52. The molecule has 1 fully saturated rings. The summed E-state index contributed by atoms with van der Waals surface area (Å²) < 4.78 is 27.4. The first-order chi connectivity index (χ1) is 17.5. The van der Waals surface area contributed by atoms with Crippen molar-refractivity contribution in [3.63, 3.8) is 0 Å². The minimum Gasteiger partial charge on any atom is -0.390 e. The van der Waals surface area contributed by atoms with E-state index in [1.165, 1.54) is 37.1 Å². The molecule has 5 atom stereocenters. The van der Waals surface area contributed by atoms with Gasteiger partial charge in [-0.3, -0.25) is 9.59 Å². The van der Waals surface area contributed by atoms with E-state index in [-0.39, 0.29) is 42.8 Å². The lowest BCUT2D eigenvalue weighted by Gasteiger charge is -2.38. The fourth-order valence-electron chi connectivity index (χ4n) is 5.30. The molecule has 0 saturated heterocycles. The average Bonchev–Trinajstić information content (AvgIpc) is 2.81. The van der Waals surface area contributed by atoms with Crippen molar-refractivity contribution in [1.29, 1.82) is 0 Å². The molecular formula is C29H39F2N3O3. The van der Waals surface area contributed by atoms with Crippen LogP contribution in [-0.2, 0) is 16.0 Å². The number of carbonyl (C=O) groups is 2. The highest BCUT2D eigenvalue weighted by Gasteiger charge is 2.33. The van der Waals surface area contributed by atoms with Gasteiger partial charge in [0.15, 0.2) is 0 Å². The highest BCUT2D eigenvalue weighted by atomic mass is 19.1. The summed E-state index contributed by atoms with van der Waals surface area (Å²) in [5.41, 5.74) is 2.82. The van der Waals surface area contributed by atoms with E-state index in [1.807, 2.05) is 0 Å². The van der Waals surface area contributed by atoms with Gasteiger partial charge in [0.1, 0.15) is 11.6 Å². The number of halogens is 2. The predicted molar refractivity (Wildman–Crippen MR) is 140 cm³/mol. The first kappa shape index (κ1) is 28.7. The van der Waals surface area contributed by atoms with Gasteiger partial charge in [0.2, 0.25) is 11.8 Å². The fraction of sp³-hybridized carbons (Fsp3) is 0.517. The summed E-state index contributed by atoms with van der Waals surface area (Å²) in [6.45, 7) is 7.34. The Bertz CT molecular complexity index is 1060. The van der Waals surface area contributed by atoms with Crippen LogP contribution in [0.15, 0.2) is 42.5 Å². The van der Waals surface area contributed by atoms with E-state index in [4.69, 9.17) is 0 Å². The fourth-order valence-corrected chi connectivity index (χ4v) is 5.30. The molecule has 0 bridgehead atoms. The first-order valence-corrected chi connectivity index (χ1v) is 13.0. The van der Waals surface area contributed by atoms with Crippen LogP contribution < -0.4 is 16.0 Å². The molecule has 0 heterocycles. The van der Waals surface area contributed by atoms with E-state index >= 15 is 0 Å². The predicted octanol–water partition coefficient (Wildman–Crippen LogP) is 3.93. The van der Waals surface area contributed by atoms with Gasteiger partial charge in [0, 0.05) is 38.5 Å². The third kappa shape index (κ3) is 8.61. The quantitative estimate of drug-likeness (QED) is 0.386. The van der Waals surface area contributed by atoms with Crippen molar-refractivity contribution < 1.29 is 23.5 Å². The van der Waals surface area contributed by atoms with Crippen LogP contribution in [0.4, 0.5) is 8.78 Å². The van der Waals surface area contributed by atoms with Crippen LogP contribution in [0.2, 0.25) is 0 Å². The van der Waals surface area contributed by atoms with Crippen LogP contribution in [0.25, 0.3) is 0 Å². The topological polar surface area (TPSA) is 90.5 Å².